The molecular formula is C6H12Br2MgN. The summed E-state index contributed by atoms with van der Waals surface area (Å²) < 4.78 is 0. The average molecular weight is 282 g/mol. The molecule has 0 aromatic rings. The van der Waals surface area contributed by atoms with Crippen LogP contribution in [0.3, 0.4) is 0 Å². The van der Waals surface area contributed by atoms with Gasteiger partial charge in [-0.05, 0) is 39.4 Å². The monoisotopic (exact) mass is 280 g/mol. The first-order valence-corrected chi connectivity index (χ1v) is 11.2. The van der Waals surface area contributed by atoms with Crippen LogP contribution in [0.25, 0.3) is 0 Å². The van der Waals surface area contributed by atoms with E-state index in [4.69, 9.17) is 0 Å². The van der Waals surface area contributed by atoms with E-state index in [0.717, 1.165) is 0 Å². The number of halogens is 2. The van der Waals surface area contributed by atoms with Crippen molar-refractivity contribution in [1.29, 1.82) is 0 Å². The lowest BCUT2D eigenvalue weighted by Crippen LogP contribution is -2.25. The van der Waals surface area contributed by atoms with Gasteiger partial charge in [0.05, 0.1) is 0 Å². The minimum absolute atomic E-state index is 0.0417. The first kappa shape index (κ1) is 11.7. The highest BCUT2D eigenvalue weighted by Crippen LogP contribution is 2.03. The van der Waals surface area contributed by atoms with Gasteiger partial charge in [0.1, 0.15) is 0 Å². The summed E-state index contributed by atoms with van der Waals surface area (Å²) in [6.45, 7) is 2.53. The third kappa shape index (κ3) is 7.79. The van der Waals surface area contributed by atoms with Crippen molar-refractivity contribution >= 4 is 41.8 Å². The standard InChI is InChI=1S/C6H12N.2BrH.Mg/c1-7-5-3-2-4-6-7;;;/h2H,3-6H2,1H3;2*1H;/q;;;+2/p-2. The van der Waals surface area contributed by atoms with Crippen LogP contribution in [0, 0.1) is 6.42 Å². The summed E-state index contributed by atoms with van der Waals surface area (Å²) in [6, 6.07) is 0. The Balaban J connectivity index is 0.000000236. The van der Waals surface area contributed by atoms with Crippen LogP contribution in [0.15, 0.2) is 0 Å². The molecule has 0 aromatic heterocycles. The molecule has 1 rings (SSSR count). The number of likely N-dealkylation sites (tertiary alicyclic amines) is 1. The van der Waals surface area contributed by atoms with Crippen LogP contribution in [-0.2, 0) is 0 Å². The van der Waals surface area contributed by atoms with Crippen LogP contribution >= 0.6 is 25.8 Å². The van der Waals surface area contributed by atoms with E-state index < -0.39 is 0 Å². The van der Waals surface area contributed by atoms with E-state index in [2.05, 4.69) is 44.1 Å². The zero-order valence-corrected chi connectivity index (χ0v) is 10.9. The van der Waals surface area contributed by atoms with E-state index in [1.54, 1.807) is 0 Å². The Morgan fingerprint density at radius 2 is 1.70 bits per heavy atom. The quantitative estimate of drug-likeness (QED) is 0.616. The van der Waals surface area contributed by atoms with E-state index in [0.29, 0.717) is 0 Å². The van der Waals surface area contributed by atoms with E-state index in [-0.39, 0.29) is 16.0 Å². The van der Waals surface area contributed by atoms with Gasteiger partial charge in [-0.3, -0.25) is 25.8 Å². The number of hydrogen-bond donors (Lipinski definition) is 0. The van der Waals surface area contributed by atoms with Crippen LogP contribution in [0.4, 0.5) is 0 Å². The summed E-state index contributed by atoms with van der Waals surface area (Å²) in [7, 11) is 2.17. The average Bonchev–Trinajstić information content (AvgIpc) is 1.91. The molecule has 0 unspecified atom stereocenters. The number of hydrogen-bond acceptors (Lipinski definition) is 1. The Bertz CT molecular complexity index is 66.8. The molecule has 0 bridgehead atoms. The van der Waals surface area contributed by atoms with Gasteiger partial charge in [-0.25, -0.2) is 0 Å². The Labute approximate surface area is 85.4 Å². The van der Waals surface area contributed by atoms with Gasteiger partial charge in [-0.15, -0.1) is 0 Å². The third-order valence-corrected chi connectivity index (χ3v) is 1.43. The van der Waals surface area contributed by atoms with Crippen molar-refractivity contribution in [2.24, 2.45) is 0 Å². The van der Waals surface area contributed by atoms with Crippen LogP contribution in [0.5, 0.6) is 0 Å². The Kier molecular flexibility index (Phi) is 10.3. The largest absolute Gasteiger partial charge is 0.560 e. The zero-order valence-electron chi connectivity index (χ0n) is 6.32. The lowest BCUT2D eigenvalue weighted by Gasteiger charge is -2.20. The topological polar surface area (TPSA) is 3.24 Å². The van der Waals surface area contributed by atoms with Crippen LogP contribution < -0.4 is 0 Å². The molecule has 0 spiro atoms. The van der Waals surface area contributed by atoms with Gasteiger partial charge in [-0.2, -0.15) is 0 Å². The summed E-state index contributed by atoms with van der Waals surface area (Å²) in [5.41, 5.74) is 0. The molecule has 1 radical (unpaired) electrons. The molecular weight excluding hydrogens is 270 g/mol. The minimum Gasteiger partial charge on any atom is -0.306 e. The van der Waals surface area contributed by atoms with Crippen LogP contribution in [-0.4, -0.2) is 41.1 Å². The molecule has 10 heavy (non-hydrogen) atoms. The molecule has 0 atom stereocenters. The first-order chi connectivity index (χ1) is 4.81. The second-order valence-electron chi connectivity index (χ2n) is 2.27. The number of rotatable bonds is 0. The molecule has 57 valence electrons. The fourth-order valence-electron chi connectivity index (χ4n) is 0.879. The highest BCUT2D eigenvalue weighted by atomic mass is 79.9. The van der Waals surface area contributed by atoms with Gasteiger partial charge in [0, 0.05) is 0 Å². The van der Waals surface area contributed by atoms with Crippen LogP contribution in [0.1, 0.15) is 12.8 Å². The molecule has 0 saturated carbocycles. The van der Waals surface area contributed by atoms with Gasteiger partial charge < -0.3 is 4.90 Å². The molecule has 1 aliphatic heterocycles. The Hall–Kier alpha value is 1.69. The van der Waals surface area contributed by atoms with E-state index in [1.807, 2.05) is 0 Å². The molecule has 1 saturated heterocycles. The van der Waals surface area contributed by atoms with Crippen molar-refractivity contribution in [2.75, 3.05) is 20.1 Å². The molecule has 0 aromatic carbocycles. The Morgan fingerprint density at radius 1 is 1.30 bits per heavy atom. The van der Waals surface area contributed by atoms with Crippen molar-refractivity contribution < 1.29 is 0 Å². The van der Waals surface area contributed by atoms with Gasteiger partial charge in [0.2, 0.25) is 0 Å². The van der Waals surface area contributed by atoms with Gasteiger partial charge in [0.25, 0.3) is 0 Å². The minimum atomic E-state index is 0.0417. The molecule has 1 heterocycles. The van der Waals surface area contributed by atoms with Crippen molar-refractivity contribution in [2.45, 2.75) is 12.8 Å². The highest BCUT2D eigenvalue weighted by molar-refractivity contribution is 9.47. The molecule has 0 N–H and O–H groups in total. The predicted molar refractivity (Wildman–Crippen MR) is 54.6 cm³/mol. The molecule has 4 heteroatoms. The maximum Gasteiger partial charge on any atom is 0.560 e. The first-order valence-electron chi connectivity index (χ1n) is 3.43. The molecule has 0 aliphatic carbocycles. The highest BCUT2D eigenvalue weighted by Gasteiger charge is 2.02. The lowest BCUT2D eigenvalue weighted by atomic mass is 10.1. The number of nitrogens with zero attached hydrogens (tertiary/aromatic N) is 1. The van der Waals surface area contributed by atoms with Crippen molar-refractivity contribution in [3.8, 4) is 0 Å². The van der Waals surface area contributed by atoms with Crippen molar-refractivity contribution in [3.63, 3.8) is 0 Å². The van der Waals surface area contributed by atoms with Gasteiger partial charge >= 0.3 is 16.0 Å². The summed E-state index contributed by atoms with van der Waals surface area (Å²) in [6.07, 6.45) is 4.94. The maximum absolute atomic E-state index is 3.20. The smallest absolute Gasteiger partial charge is 0.306 e. The fraction of sp³-hybridized carbons (Fsp3) is 0.833. The second-order valence-corrected chi connectivity index (χ2v) is 10.4. The van der Waals surface area contributed by atoms with E-state index >= 15 is 0 Å². The molecule has 1 aliphatic rings. The van der Waals surface area contributed by atoms with Crippen LogP contribution in [0.2, 0.25) is 0 Å². The van der Waals surface area contributed by atoms with Gasteiger partial charge in [0.15, 0.2) is 0 Å². The summed E-state index contributed by atoms with van der Waals surface area (Å²) >= 11 is 6.44. The lowest BCUT2D eigenvalue weighted by molar-refractivity contribution is 0.310. The summed E-state index contributed by atoms with van der Waals surface area (Å²) in [5, 5.41) is 0. The zero-order chi connectivity index (χ0) is 7.82. The van der Waals surface area contributed by atoms with E-state index in [9.17, 15) is 0 Å². The maximum atomic E-state index is 3.20. The normalized spacial score (nSPS) is 18.7. The summed E-state index contributed by atoms with van der Waals surface area (Å²) in [5.74, 6) is 0. The molecule has 0 amide bonds. The Morgan fingerprint density at radius 3 is 1.90 bits per heavy atom. The summed E-state index contributed by atoms with van der Waals surface area (Å²) in [4.78, 5) is 2.36. The predicted octanol–water partition coefficient (Wildman–Crippen LogP) is 2.23. The SMILES string of the molecule is CN1CC[CH]CC1.[Br][Mg][Br]. The number of piperidine rings is 1. The van der Waals surface area contributed by atoms with Crippen molar-refractivity contribution in [1.82, 2.24) is 4.90 Å². The third-order valence-electron chi connectivity index (χ3n) is 1.43. The molecule has 1 fully saturated rings. The fourth-order valence-corrected chi connectivity index (χ4v) is 0.879. The second kappa shape index (κ2) is 8.78. The van der Waals surface area contributed by atoms with E-state index in [1.165, 1.54) is 25.9 Å². The molecule has 1 nitrogen and oxygen atoms in total. The van der Waals surface area contributed by atoms with Crippen molar-refractivity contribution in [3.05, 3.63) is 6.42 Å². The van der Waals surface area contributed by atoms with Gasteiger partial charge in [-0.1, -0.05) is 0 Å².